The van der Waals surface area contributed by atoms with Crippen molar-refractivity contribution in [3.8, 4) is 0 Å². The van der Waals surface area contributed by atoms with Crippen LogP contribution in [-0.2, 0) is 0 Å². The lowest BCUT2D eigenvalue weighted by molar-refractivity contribution is 0.106. The van der Waals surface area contributed by atoms with Crippen molar-refractivity contribution in [2.24, 2.45) is 0 Å². The molecule has 0 radical (unpaired) electrons. The minimum Gasteiger partial charge on any atom is -0.391 e. The average molecular weight is 235 g/mol. The van der Waals surface area contributed by atoms with Crippen LogP contribution < -0.4 is 10.2 Å². The zero-order chi connectivity index (χ0) is 12.3. The summed E-state index contributed by atoms with van der Waals surface area (Å²) in [6.07, 6.45) is 7.74. The first-order chi connectivity index (χ1) is 8.22. The number of likely N-dealkylation sites (N-methyl/N-ethyl adjacent to an activating group) is 1. The summed E-state index contributed by atoms with van der Waals surface area (Å²) in [5, 5.41) is 13.1. The Morgan fingerprint density at radius 3 is 2.82 bits per heavy atom. The monoisotopic (exact) mass is 235 g/mol. The van der Waals surface area contributed by atoms with Crippen molar-refractivity contribution >= 4 is 11.4 Å². The fraction of sp³-hybridized carbons (Fsp3) is 0.615. The maximum atomic E-state index is 10.0. The maximum Gasteiger partial charge on any atom is 0.0743 e. The predicted molar refractivity (Wildman–Crippen MR) is 70.4 cm³/mol. The fourth-order valence-corrected chi connectivity index (χ4v) is 2.49. The number of aromatic nitrogens is 1. The fourth-order valence-electron chi connectivity index (χ4n) is 2.49. The lowest BCUT2D eigenvalue weighted by Gasteiger charge is -2.36. The molecule has 0 spiro atoms. The van der Waals surface area contributed by atoms with Crippen LogP contribution in [-0.4, -0.2) is 36.3 Å². The summed E-state index contributed by atoms with van der Waals surface area (Å²) in [7, 11) is 3.92. The van der Waals surface area contributed by atoms with Crippen molar-refractivity contribution in [3.05, 3.63) is 18.5 Å². The Morgan fingerprint density at radius 2 is 2.12 bits per heavy atom. The molecule has 2 atom stereocenters. The highest BCUT2D eigenvalue weighted by Gasteiger charge is 2.26. The lowest BCUT2D eigenvalue weighted by atomic mass is 9.91. The minimum atomic E-state index is -0.216. The largest absolute Gasteiger partial charge is 0.391 e. The molecule has 1 aliphatic carbocycles. The van der Waals surface area contributed by atoms with Crippen molar-refractivity contribution in [3.63, 3.8) is 0 Å². The van der Waals surface area contributed by atoms with E-state index in [1.165, 1.54) is 6.42 Å². The third-order valence-electron chi connectivity index (χ3n) is 3.61. The number of aliphatic hydroxyl groups is 1. The van der Waals surface area contributed by atoms with E-state index in [0.29, 0.717) is 0 Å². The molecule has 2 unspecified atom stereocenters. The summed E-state index contributed by atoms with van der Waals surface area (Å²) in [4.78, 5) is 6.36. The van der Waals surface area contributed by atoms with Gasteiger partial charge in [0.25, 0.3) is 0 Å². The first-order valence-electron chi connectivity index (χ1n) is 6.26. The topological polar surface area (TPSA) is 48.4 Å². The maximum absolute atomic E-state index is 10.0. The van der Waals surface area contributed by atoms with Crippen LogP contribution in [0.25, 0.3) is 0 Å². The van der Waals surface area contributed by atoms with Gasteiger partial charge in [-0.1, -0.05) is 12.8 Å². The summed E-state index contributed by atoms with van der Waals surface area (Å²) in [6, 6.07) is 2.28. The molecule has 4 heteroatoms. The van der Waals surface area contributed by atoms with Crippen LogP contribution in [0.4, 0.5) is 11.4 Å². The number of anilines is 2. The third kappa shape index (κ3) is 2.69. The van der Waals surface area contributed by atoms with Crippen LogP contribution in [0.5, 0.6) is 0 Å². The predicted octanol–water partition coefficient (Wildman–Crippen LogP) is 1.86. The first kappa shape index (κ1) is 12.2. The highest BCUT2D eigenvalue weighted by atomic mass is 16.3. The molecule has 1 fully saturated rings. The zero-order valence-corrected chi connectivity index (χ0v) is 10.6. The molecule has 0 bridgehead atoms. The Morgan fingerprint density at radius 1 is 1.35 bits per heavy atom. The SMILES string of the molecule is CNc1cncc(N(C)C2CCCCC2O)c1. The van der Waals surface area contributed by atoms with Crippen molar-refractivity contribution in [2.75, 3.05) is 24.3 Å². The van der Waals surface area contributed by atoms with E-state index >= 15 is 0 Å². The van der Waals surface area contributed by atoms with E-state index in [1.54, 1.807) is 6.20 Å². The molecule has 0 aromatic carbocycles. The van der Waals surface area contributed by atoms with Crippen LogP contribution >= 0.6 is 0 Å². The van der Waals surface area contributed by atoms with E-state index < -0.39 is 0 Å². The second-order valence-electron chi connectivity index (χ2n) is 4.71. The van der Waals surface area contributed by atoms with Crippen LogP contribution in [0, 0.1) is 0 Å². The van der Waals surface area contributed by atoms with E-state index in [2.05, 4.69) is 21.3 Å². The van der Waals surface area contributed by atoms with Crippen LogP contribution in [0.15, 0.2) is 18.5 Å². The van der Waals surface area contributed by atoms with Crippen molar-refractivity contribution in [1.29, 1.82) is 0 Å². The van der Waals surface area contributed by atoms with Crippen LogP contribution in [0.3, 0.4) is 0 Å². The molecule has 1 heterocycles. The van der Waals surface area contributed by atoms with Gasteiger partial charge >= 0.3 is 0 Å². The van der Waals surface area contributed by atoms with E-state index in [9.17, 15) is 5.11 Å². The van der Waals surface area contributed by atoms with E-state index in [0.717, 1.165) is 30.6 Å². The molecule has 1 aromatic rings. The number of pyridine rings is 1. The van der Waals surface area contributed by atoms with Gasteiger partial charge in [0.05, 0.1) is 35.9 Å². The molecule has 94 valence electrons. The molecule has 0 amide bonds. The standard InChI is InChI=1S/C13H21N3O/c1-14-10-7-11(9-15-8-10)16(2)12-5-3-4-6-13(12)17/h7-9,12-14,17H,3-6H2,1-2H3. The zero-order valence-electron chi connectivity index (χ0n) is 10.6. The van der Waals surface area contributed by atoms with Crippen LogP contribution in [0.2, 0.25) is 0 Å². The van der Waals surface area contributed by atoms with Gasteiger partial charge < -0.3 is 15.3 Å². The van der Waals surface area contributed by atoms with Gasteiger partial charge in [-0.2, -0.15) is 0 Å². The summed E-state index contributed by atoms with van der Waals surface area (Å²) in [5.74, 6) is 0. The number of nitrogens with zero attached hydrogens (tertiary/aromatic N) is 2. The molecule has 1 saturated carbocycles. The Bertz CT molecular complexity index is 369. The Kier molecular flexibility index (Phi) is 3.84. The Balaban J connectivity index is 2.14. The number of nitrogens with one attached hydrogen (secondary N) is 1. The highest BCUT2D eigenvalue weighted by Crippen LogP contribution is 2.27. The van der Waals surface area contributed by atoms with Crippen molar-refractivity contribution in [1.82, 2.24) is 4.98 Å². The lowest BCUT2D eigenvalue weighted by Crippen LogP contribution is -2.43. The van der Waals surface area contributed by atoms with Crippen LogP contribution in [0.1, 0.15) is 25.7 Å². The molecule has 0 saturated heterocycles. The second kappa shape index (κ2) is 5.36. The summed E-state index contributed by atoms with van der Waals surface area (Å²) in [6.45, 7) is 0. The summed E-state index contributed by atoms with van der Waals surface area (Å²) in [5.41, 5.74) is 2.06. The number of rotatable bonds is 3. The average Bonchev–Trinajstić information content (AvgIpc) is 2.38. The van der Waals surface area contributed by atoms with Gasteiger partial charge in [-0.25, -0.2) is 0 Å². The molecule has 1 aromatic heterocycles. The van der Waals surface area contributed by atoms with Gasteiger partial charge in [0.1, 0.15) is 0 Å². The molecule has 4 nitrogen and oxygen atoms in total. The van der Waals surface area contributed by atoms with Gasteiger partial charge in [0.2, 0.25) is 0 Å². The number of hydrogen-bond donors (Lipinski definition) is 2. The Labute approximate surface area is 103 Å². The summed E-state index contributed by atoms with van der Waals surface area (Å²) >= 11 is 0. The molecule has 17 heavy (non-hydrogen) atoms. The molecule has 2 rings (SSSR count). The Hall–Kier alpha value is -1.29. The van der Waals surface area contributed by atoms with Gasteiger partial charge in [0, 0.05) is 14.1 Å². The minimum absolute atomic E-state index is 0.216. The molecular weight excluding hydrogens is 214 g/mol. The van der Waals surface area contributed by atoms with E-state index in [1.807, 2.05) is 20.3 Å². The first-order valence-corrected chi connectivity index (χ1v) is 6.26. The van der Waals surface area contributed by atoms with E-state index in [-0.39, 0.29) is 12.1 Å². The number of hydrogen-bond acceptors (Lipinski definition) is 4. The highest BCUT2D eigenvalue weighted by molar-refractivity contribution is 5.55. The summed E-state index contributed by atoms with van der Waals surface area (Å²) < 4.78 is 0. The normalized spacial score (nSPS) is 24.4. The van der Waals surface area contributed by atoms with Gasteiger partial charge in [-0.3, -0.25) is 4.98 Å². The molecule has 1 aliphatic rings. The second-order valence-corrected chi connectivity index (χ2v) is 4.71. The van der Waals surface area contributed by atoms with Crippen molar-refractivity contribution in [2.45, 2.75) is 37.8 Å². The molecule has 0 aliphatic heterocycles. The molecule has 2 N–H and O–H groups in total. The molecular formula is C13H21N3O. The smallest absolute Gasteiger partial charge is 0.0743 e. The number of aliphatic hydroxyl groups excluding tert-OH is 1. The van der Waals surface area contributed by atoms with Gasteiger partial charge in [-0.15, -0.1) is 0 Å². The quantitative estimate of drug-likeness (QED) is 0.839. The van der Waals surface area contributed by atoms with Crippen molar-refractivity contribution < 1.29 is 5.11 Å². The third-order valence-corrected chi connectivity index (χ3v) is 3.61. The van der Waals surface area contributed by atoms with E-state index in [4.69, 9.17) is 0 Å². The van der Waals surface area contributed by atoms with Gasteiger partial charge in [0.15, 0.2) is 0 Å². The van der Waals surface area contributed by atoms with Gasteiger partial charge in [-0.05, 0) is 18.9 Å².